The molecular formula is C45H61F4N3O3Si. The second-order valence-electron chi connectivity index (χ2n) is 14.7. The number of hydrogen-bond donors (Lipinski definition) is 2. The molecule has 0 unspecified atom stereocenters. The lowest BCUT2D eigenvalue weighted by Crippen LogP contribution is -2.31. The predicted octanol–water partition coefficient (Wildman–Crippen LogP) is 11.0. The van der Waals surface area contributed by atoms with Crippen LogP contribution in [0.25, 0.3) is 0 Å². The molecule has 11 heteroatoms. The zero-order valence-corrected chi connectivity index (χ0v) is 35.4. The van der Waals surface area contributed by atoms with Crippen LogP contribution < -0.4 is 5.73 Å². The molecule has 4 aromatic carbocycles. The van der Waals surface area contributed by atoms with Crippen LogP contribution in [0, 0.1) is 35.1 Å². The van der Waals surface area contributed by atoms with Gasteiger partial charge >= 0.3 is 0 Å². The molecule has 4 aromatic rings. The van der Waals surface area contributed by atoms with Gasteiger partial charge in [-0.15, -0.1) is 0 Å². The van der Waals surface area contributed by atoms with Crippen molar-refractivity contribution in [3.05, 3.63) is 143 Å². The van der Waals surface area contributed by atoms with Gasteiger partial charge in [-0.2, -0.15) is 0 Å². The number of nitrogens with zero attached hydrogens (tertiary/aromatic N) is 2. The van der Waals surface area contributed by atoms with Crippen molar-refractivity contribution >= 4 is 26.5 Å². The standard InChI is InChI=1S/C15H24FNOSi.C14H20FNO.C9H12FN.C7H5FO/c1-12(2)15(11-18-19(3,4)5)17-10-13-7-6-8-14(16)9-13;1-4-13(16-14(9-17)10(2)3)11-6-5-7-12(15)8-11;1-2-9(11)7-4-3-5-8(10)6-7;8-7-3-1-2-6(4-7)5-9/h6-10,12,15H,11H2,1-5H3;5-8,10,14,17H,4,9H2,1-3H3;3-6,9H,2,11H2,1H3;1-5H/t15-;14-;9-;/m001./s1. The summed E-state index contributed by atoms with van der Waals surface area (Å²) in [5.74, 6) is -0.403. The molecule has 0 aromatic heterocycles. The van der Waals surface area contributed by atoms with Crippen molar-refractivity contribution in [1.29, 1.82) is 0 Å². The number of aliphatic hydroxyl groups is 1. The first-order valence-electron chi connectivity index (χ1n) is 19.0. The van der Waals surface area contributed by atoms with Gasteiger partial charge in [0.05, 0.1) is 25.3 Å². The Bertz CT molecular complexity index is 1780. The summed E-state index contributed by atoms with van der Waals surface area (Å²) in [6.07, 6.45) is 3.92. The number of aliphatic hydroxyl groups excluding tert-OH is 1. The Hall–Kier alpha value is -4.29. The van der Waals surface area contributed by atoms with Gasteiger partial charge in [0.1, 0.15) is 29.6 Å². The summed E-state index contributed by atoms with van der Waals surface area (Å²) in [6.45, 7) is 19.4. The Morgan fingerprint density at radius 3 is 1.68 bits per heavy atom. The third kappa shape index (κ3) is 21.1. The van der Waals surface area contributed by atoms with Crippen molar-refractivity contribution in [2.45, 2.75) is 92.2 Å². The smallest absolute Gasteiger partial charge is 0.183 e. The number of nitrogens with two attached hydrogens (primary N) is 1. The number of carbonyl (C=O) groups excluding carboxylic acids is 1. The maximum Gasteiger partial charge on any atom is 0.183 e. The van der Waals surface area contributed by atoms with E-state index >= 15 is 0 Å². The molecule has 0 radical (unpaired) electrons. The summed E-state index contributed by atoms with van der Waals surface area (Å²) >= 11 is 0. The van der Waals surface area contributed by atoms with Gasteiger partial charge in [0, 0.05) is 23.5 Å². The summed E-state index contributed by atoms with van der Waals surface area (Å²) in [4.78, 5) is 19.1. The van der Waals surface area contributed by atoms with Gasteiger partial charge in [0.2, 0.25) is 0 Å². The molecule has 0 aliphatic carbocycles. The molecule has 56 heavy (non-hydrogen) atoms. The minimum Gasteiger partial charge on any atom is -0.415 e. The van der Waals surface area contributed by atoms with Gasteiger partial charge in [-0.05, 0) is 110 Å². The Balaban J connectivity index is 0.000000388. The van der Waals surface area contributed by atoms with Crippen LogP contribution in [0.15, 0.2) is 107 Å². The van der Waals surface area contributed by atoms with Crippen LogP contribution in [0.3, 0.4) is 0 Å². The lowest BCUT2D eigenvalue weighted by molar-refractivity contribution is 0.112. The Kier molecular flexibility index (Phi) is 23.6. The van der Waals surface area contributed by atoms with Gasteiger partial charge in [-0.25, -0.2) is 17.6 Å². The van der Waals surface area contributed by atoms with Crippen molar-refractivity contribution in [2.75, 3.05) is 13.2 Å². The number of carbonyl (C=O) groups is 1. The van der Waals surface area contributed by atoms with Gasteiger partial charge in [0.15, 0.2) is 8.32 Å². The molecule has 6 nitrogen and oxygen atoms in total. The Labute approximate surface area is 333 Å². The molecule has 0 heterocycles. The number of rotatable bonds is 14. The third-order valence-corrected chi connectivity index (χ3v) is 9.23. The molecule has 0 aliphatic heterocycles. The van der Waals surface area contributed by atoms with E-state index in [1.54, 1.807) is 30.5 Å². The third-order valence-electron chi connectivity index (χ3n) is 8.19. The lowest BCUT2D eigenvalue weighted by Gasteiger charge is -2.23. The first-order valence-corrected chi connectivity index (χ1v) is 22.4. The van der Waals surface area contributed by atoms with Crippen molar-refractivity contribution in [3.8, 4) is 0 Å². The molecule has 0 fully saturated rings. The highest BCUT2D eigenvalue weighted by Gasteiger charge is 2.19. The van der Waals surface area contributed by atoms with Crippen LogP contribution in [0.1, 0.15) is 87.5 Å². The van der Waals surface area contributed by atoms with E-state index in [9.17, 15) is 27.5 Å². The van der Waals surface area contributed by atoms with E-state index in [0.717, 1.165) is 35.2 Å². The first kappa shape index (κ1) is 49.7. The normalized spacial score (nSPS) is 13.1. The van der Waals surface area contributed by atoms with Crippen molar-refractivity contribution in [1.82, 2.24) is 0 Å². The molecule has 0 saturated carbocycles. The molecule has 306 valence electrons. The minimum absolute atomic E-state index is 0.0243. The molecule has 0 amide bonds. The van der Waals surface area contributed by atoms with E-state index in [2.05, 4.69) is 43.5 Å². The van der Waals surface area contributed by atoms with E-state index < -0.39 is 8.32 Å². The van der Waals surface area contributed by atoms with Crippen LogP contribution in [0.5, 0.6) is 0 Å². The summed E-state index contributed by atoms with van der Waals surface area (Å²) in [5.41, 5.74) is 9.37. The quantitative estimate of drug-likeness (QED) is 0.0575. The SMILES string of the molecule is CC(C)[C@H](CO[Si](C)(C)C)N=Cc1cccc(F)c1.CCC(=N[C@@H](CO)C(C)C)c1cccc(F)c1.CC[C@@H](N)c1cccc(F)c1.O=Cc1cccc(F)c1. The molecule has 4 rings (SSSR count). The summed E-state index contributed by atoms with van der Waals surface area (Å²) in [7, 11) is -1.52. The number of aldehydes is 1. The fourth-order valence-corrected chi connectivity index (χ4v) is 5.37. The van der Waals surface area contributed by atoms with Gasteiger partial charge < -0.3 is 15.3 Å². The topological polar surface area (TPSA) is 97.3 Å². The summed E-state index contributed by atoms with van der Waals surface area (Å²) < 4.78 is 56.9. The Morgan fingerprint density at radius 2 is 1.25 bits per heavy atom. The van der Waals surface area contributed by atoms with Gasteiger partial charge in [0.25, 0.3) is 0 Å². The van der Waals surface area contributed by atoms with Crippen molar-refractivity contribution in [2.24, 2.45) is 27.6 Å². The molecule has 0 saturated heterocycles. The average Bonchev–Trinajstić information content (AvgIpc) is 3.15. The molecule has 0 aliphatic rings. The molecule has 0 spiro atoms. The van der Waals surface area contributed by atoms with Crippen molar-refractivity contribution in [3.63, 3.8) is 0 Å². The number of hydrogen-bond acceptors (Lipinski definition) is 6. The van der Waals surface area contributed by atoms with E-state index in [-0.39, 0.29) is 53.9 Å². The molecular weight excluding hydrogens is 735 g/mol. The molecule has 0 bridgehead atoms. The molecule has 3 N–H and O–H groups in total. The van der Waals surface area contributed by atoms with Gasteiger partial charge in [-0.3, -0.25) is 14.8 Å². The maximum absolute atomic E-state index is 13.1. The zero-order chi connectivity index (χ0) is 42.3. The maximum atomic E-state index is 13.1. The summed E-state index contributed by atoms with van der Waals surface area (Å²) in [5, 5.41) is 9.26. The highest BCUT2D eigenvalue weighted by atomic mass is 28.4. The number of halogens is 4. The predicted molar refractivity (Wildman–Crippen MR) is 226 cm³/mol. The monoisotopic (exact) mass is 795 g/mol. The highest BCUT2D eigenvalue weighted by Crippen LogP contribution is 2.15. The highest BCUT2D eigenvalue weighted by molar-refractivity contribution is 6.69. The van der Waals surface area contributed by atoms with Crippen molar-refractivity contribution < 1.29 is 31.9 Å². The fourth-order valence-electron chi connectivity index (χ4n) is 4.70. The van der Waals surface area contributed by atoms with Crippen LogP contribution in [-0.2, 0) is 4.43 Å². The van der Waals surface area contributed by atoms with E-state index in [0.29, 0.717) is 24.4 Å². The molecule has 3 atom stereocenters. The number of benzene rings is 4. The minimum atomic E-state index is -1.52. The zero-order valence-electron chi connectivity index (χ0n) is 34.4. The second-order valence-corrected chi connectivity index (χ2v) is 19.3. The second kappa shape index (κ2) is 26.5. The van der Waals surface area contributed by atoms with E-state index in [1.165, 1.54) is 54.6 Å². The van der Waals surface area contributed by atoms with E-state index in [1.807, 2.05) is 45.9 Å². The fraction of sp³-hybridized carbons (Fsp3) is 0.400. The van der Waals surface area contributed by atoms with E-state index in [4.69, 9.17) is 10.2 Å². The summed E-state index contributed by atoms with van der Waals surface area (Å²) in [6, 6.07) is 24.8. The lowest BCUT2D eigenvalue weighted by atomic mass is 10.0. The van der Waals surface area contributed by atoms with Crippen LogP contribution in [-0.4, -0.2) is 56.9 Å². The van der Waals surface area contributed by atoms with Crippen LogP contribution in [0.2, 0.25) is 19.6 Å². The average molecular weight is 796 g/mol. The first-order chi connectivity index (χ1) is 26.4. The number of aliphatic imine (C=N–C) groups is 2. The largest absolute Gasteiger partial charge is 0.415 e. The van der Waals surface area contributed by atoms with Crippen LogP contribution in [0.4, 0.5) is 17.6 Å². The Morgan fingerprint density at radius 1 is 0.750 bits per heavy atom. The van der Waals surface area contributed by atoms with Crippen LogP contribution >= 0.6 is 0 Å². The van der Waals surface area contributed by atoms with Gasteiger partial charge in [-0.1, -0.05) is 90.1 Å².